The van der Waals surface area contributed by atoms with Gasteiger partial charge in [-0.05, 0) is 25.1 Å². The van der Waals surface area contributed by atoms with E-state index in [1.54, 1.807) is 11.3 Å². The summed E-state index contributed by atoms with van der Waals surface area (Å²) in [6.45, 7) is 2.22. The molecule has 1 N–H and O–H groups in total. The number of nitrogens with zero attached hydrogens (tertiary/aromatic N) is 4. The molecule has 1 fully saturated rings. The van der Waals surface area contributed by atoms with E-state index in [2.05, 4.69) is 20.2 Å². The minimum absolute atomic E-state index is 0.0202. The third kappa shape index (κ3) is 2.92. The van der Waals surface area contributed by atoms with Crippen LogP contribution in [0.1, 0.15) is 17.3 Å². The molecule has 1 aliphatic rings. The zero-order valence-corrected chi connectivity index (χ0v) is 14.3. The number of hydrogen-bond donors (Lipinski definition) is 1. The minimum Gasteiger partial charge on any atom is -0.313 e. The summed E-state index contributed by atoms with van der Waals surface area (Å²) in [5, 5.41) is 6.12. The molecular formula is C17H19N5OS. The lowest BCUT2D eigenvalue weighted by Crippen LogP contribution is -2.32. The SMILES string of the molecule is Cn1c(NC(=O)CN2CCC(c3nccs3)C2)nc2ccccc21. The van der Waals surface area contributed by atoms with Crippen molar-refractivity contribution in [2.75, 3.05) is 25.0 Å². The number of rotatable bonds is 4. The first-order valence-electron chi connectivity index (χ1n) is 8.04. The Bertz CT molecular complexity index is 857. The molecule has 2 aromatic heterocycles. The topological polar surface area (TPSA) is 63.1 Å². The van der Waals surface area contributed by atoms with Crippen molar-refractivity contribution in [3.63, 3.8) is 0 Å². The first kappa shape index (κ1) is 15.3. The first-order valence-corrected chi connectivity index (χ1v) is 8.92. The van der Waals surface area contributed by atoms with Crippen molar-refractivity contribution in [1.82, 2.24) is 19.4 Å². The summed E-state index contributed by atoms with van der Waals surface area (Å²) >= 11 is 1.70. The Balaban J connectivity index is 1.39. The largest absolute Gasteiger partial charge is 0.313 e. The van der Waals surface area contributed by atoms with Crippen molar-refractivity contribution >= 4 is 34.2 Å². The van der Waals surface area contributed by atoms with Gasteiger partial charge in [-0.2, -0.15) is 0 Å². The molecule has 1 amide bonds. The van der Waals surface area contributed by atoms with Crippen molar-refractivity contribution in [2.45, 2.75) is 12.3 Å². The Hall–Kier alpha value is -2.25. The molecule has 1 saturated heterocycles. The predicted octanol–water partition coefficient (Wildman–Crippen LogP) is 2.46. The Morgan fingerprint density at radius 1 is 1.42 bits per heavy atom. The lowest BCUT2D eigenvalue weighted by molar-refractivity contribution is -0.117. The zero-order chi connectivity index (χ0) is 16.5. The maximum Gasteiger partial charge on any atom is 0.240 e. The van der Waals surface area contributed by atoms with Crippen LogP contribution in [0.3, 0.4) is 0 Å². The lowest BCUT2D eigenvalue weighted by atomic mass is 10.1. The fraction of sp³-hybridized carbons (Fsp3) is 0.353. The first-order chi connectivity index (χ1) is 11.7. The molecule has 1 unspecified atom stereocenters. The molecule has 0 radical (unpaired) electrons. The molecule has 0 bridgehead atoms. The average molecular weight is 341 g/mol. The Morgan fingerprint density at radius 2 is 2.29 bits per heavy atom. The third-order valence-electron chi connectivity index (χ3n) is 4.48. The number of thiazole rings is 1. The van der Waals surface area contributed by atoms with Gasteiger partial charge in [0.25, 0.3) is 0 Å². The van der Waals surface area contributed by atoms with Gasteiger partial charge in [-0.3, -0.25) is 15.0 Å². The van der Waals surface area contributed by atoms with Gasteiger partial charge in [0.05, 0.1) is 22.6 Å². The second-order valence-corrected chi connectivity index (χ2v) is 7.05. The van der Waals surface area contributed by atoms with E-state index >= 15 is 0 Å². The van der Waals surface area contributed by atoms with Gasteiger partial charge in [0.15, 0.2) is 0 Å². The summed E-state index contributed by atoms with van der Waals surface area (Å²) in [4.78, 5) is 23.4. The maximum atomic E-state index is 12.4. The molecular weight excluding hydrogens is 322 g/mol. The normalized spacial score (nSPS) is 18.3. The van der Waals surface area contributed by atoms with Gasteiger partial charge in [-0.25, -0.2) is 9.97 Å². The molecule has 3 aromatic rings. The van der Waals surface area contributed by atoms with E-state index in [1.807, 2.05) is 47.5 Å². The monoisotopic (exact) mass is 341 g/mol. The van der Waals surface area contributed by atoms with Crippen LogP contribution in [0.2, 0.25) is 0 Å². The Morgan fingerprint density at radius 3 is 3.08 bits per heavy atom. The van der Waals surface area contributed by atoms with Crippen LogP contribution in [0, 0.1) is 0 Å². The number of amides is 1. The van der Waals surface area contributed by atoms with Gasteiger partial charge < -0.3 is 4.57 Å². The van der Waals surface area contributed by atoms with Crippen molar-refractivity contribution in [2.24, 2.45) is 7.05 Å². The van der Waals surface area contributed by atoms with Gasteiger partial charge in [0, 0.05) is 31.1 Å². The predicted molar refractivity (Wildman–Crippen MR) is 95.3 cm³/mol. The quantitative estimate of drug-likeness (QED) is 0.792. The van der Waals surface area contributed by atoms with E-state index in [4.69, 9.17) is 0 Å². The molecule has 4 rings (SSSR count). The van der Waals surface area contributed by atoms with Crippen molar-refractivity contribution in [3.8, 4) is 0 Å². The van der Waals surface area contributed by atoms with Crippen LogP contribution in [-0.4, -0.2) is 45.0 Å². The van der Waals surface area contributed by atoms with E-state index in [-0.39, 0.29) is 5.91 Å². The van der Waals surface area contributed by atoms with Crippen LogP contribution in [0.15, 0.2) is 35.8 Å². The average Bonchev–Trinajstić information content (AvgIpc) is 3.29. The molecule has 6 nitrogen and oxygen atoms in total. The molecule has 0 aliphatic carbocycles. The van der Waals surface area contributed by atoms with Crippen LogP contribution in [0.4, 0.5) is 5.95 Å². The summed E-state index contributed by atoms with van der Waals surface area (Å²) < 4.78 is 1.91. The van der Waals surface area contributed by atoms with Crippen LogP contribution < -0.4 is 5.32 Å². The standard InChI is InChI=1S/C17H19N5OS/c1-21-14-5-3-2-4-13(14)19-17(21)20-15(23)11-22-8-6-12(10-22)16-18-7-9-24-16/h2-5,7,9,12H,6,8,10-11H2,1H3,(H,19,20,23). The maximum absolute atomic E-state index is 12.4. The smallest absolute Gasteiger partial charge is 0.240 e. The van der Waals surface area contributed by atoms with E-state index in [1.165, 1.54) is 5.01 Å². The fourth-order valence-corrected chi connectivity index (χ4v) is 4.01. The number of hydrogen-bond acceptors (Lipinski definition) is 5. The Kier molecular flexibility index (Phi) is 4.03. The number of benzene rings is 1. The number of aromatic nitrogens is 3. The summed E-state index contributed by atoms with van der Waals surface area (Å²) in [5.74, 6) is 1.03. The number of carbonyl (C=O) groups excluding carboxylic acids is 1. The van der Waals surface area contributed by atoms with Gasteiger partial charge in [-0.15, -0.1) is 11.3 Å². The van der Waals surface area contributed by atoms with Crippen LogP contribution in [-0.2, 0) is 11.8 Å². The molecule has 1 atom stereocenters. The van der Waals surface area contributed by atoms with Crippen LogP contribution >= 0.6 is 11.3 Å². The number of para-hydroxylation sites is 2. The lowest BCUT2D eigenvalue weighted by Gasteiger charge is -2.15. The van der Waals surface area contributed by atoms with Gasteiger partial charge in [0.1, 0.15) is 0 Å². The van der Waals surface area contributed by atoms with Crippen LogP contribution in [0.25, 0.3) is 11.0 Å². The van der Waals surface area contributed by atoms with Crippen molar-refractivity contribution in [1.29, 1.82) is 0 Å². The second kappa shape index (κ2) is 6.33. The fourth-order valence-electron chi connectivity index (χ4n) is 3.24. The van der Waals surface area contributed by atoms with Crippen molar-refractivity contribution in [3.05, 3.63) is 40.8 Å². The molecule has 24 heavy (non-hydrogen) atoms. The molecule has 1 aromatic carbocycles. The number of aryl methyl sites for hydroxylation is 1. The summed E-state index contributed by atoms with van der Waals surface area (Å²) in [6.07, 6.45) is 2.91. The molecule has 3 heterocycles. The van der Waals surface area contributed by atoms with Crippen LogP contribution in [0.5, 0.6) is 0 Å². The molecule has 0 saturated carbocycles. The highest BCUT2D eigenvalue weighted by atomic mass is 32.1. The number of anilines is 1. The highest BCUT2D eigenvalue weighted by Crippen LogP contribution is 2.28. The van der Waals surface area contributed by atoms with E-state index < -0.39 is 0 Å². The number of likely N-dealkylation sites (tertiary alicyclic amines) is 1. The van der Waals surface area contributed by atoms with Gasteiger partial charge in [-0.1, -0.05) is 12.1 Å². The Labute approximate surface area is 144 Å². The minimum atomic E-state index is -0.0202. The van der Waals surface area contributed by atoms with Gasteiger partial charge in [0.2, 0.25) is 11.9 Å². The van der Waals surface area contributed by atoms with E-state index in [0.717, 1.165) is 30.5 Å². The highest BCUT2D eigenvalue weighted by Gasteiger charge is 2.27. The van der Waals surface area contributed by atoms with Gasteiger partial charge >= 0.3 is 0 Å². The molecule has 1 aliphatic heterocycles. The summed E-state index contributed by atoms with van der Waals surface area (Å²) in [7, 11) is 1.92. The number of carbonyl (C=O) groups is 1. The summed E-state index contributed by atoms with van der Waals surface area (Å²) in [5.41, 5.74) is 1.90. The molecule has 0 spiro atoms. The summed E-state index contributed by atoms with van der Waals surface area (Å²) in [6, 6.07) is 7.86. The zero-order valence-electron chi connectivity index (χ0n) is 13.5. The number of imidazole rings is 1. The number of fused-ring (bicyclic) bond motifs is 1. The number of nitrogens with one attached hydrogen (secondary N) is 1. The highest BCUT2D eigenvalue weighted by molar-refractivity contribution is 7.09. The van der Waals surface area contributed by atoms with E-state index in [9.17, 15) is 4.79 Å². The van der Waals surface area contributed by atoms with Crippen molar-refractivity contribution < 1.29 is 4.79 Å². The molecule has 124 valence electrons. The molecule has 7 heteroatoms. The third-order valence-corrected chi connectivity index (χ3v) is 5.42. The van der Waals surface area contributed by atoms with E-state index in [0.29, 0.717) is 18.4 Å². The second-order valence-electron chi connectivity index (χ2n) is 6.12.